The maximum atomic E-state index is 13.8. The van der Waals surface area contributed by atoms with Gasteiger partial charge in [-0.25, -0.2) is 9.59 Å². The molecular weight excluding hydrogens is 444 g/mol. The first-order chi connectivity index (χ1) is 15.6. The second kappa shape index (κ2) is 5.34. The highest BCUT2D eigenvalue weighted by molar-refractivity contribution is 6.02. The third kappa shape index (κ3) is 1.55. The number of esters is 3. The normalized spacial score (nSPS) is 56.2. The summed E-state index contributed by atoms with van der Waals surface area (Å²) in [4.78, 5) is 39.6. The predicted molar refractivity (Wildman–Crippen MR) is 114 cm³/mol. The molecule has 6 aliphatic rings. The van der Waals surface area contributed by atoms with Crippen molar-refractivity contribution in [3.63, 3.8) is 0 Å². The molecule has 3 saturated heterocycles. The summed E-state index contributed by atoms with van der Waals surface area (Å²) in [6, 6.07) is 0. The average molecular weight is 472 g/mol. The highest BCUT2D eigenvalue weighted by Crippen LogP contribution is 2.84. The molecule has 2 N–H and O–H groups in total. The van der Waals surface area contributed by atoms with Crippen LogP contribution in [0, 0.1) is 16.2 Å². The van der Waals surface area contributed by atoms with E-state index in [4.69, 9.17) is 18.9 Å². The Morgan fingerprint density at radius 2 is 1.62 bits per heavy atom. The SMILES string of the molecule is C=C1C2(C=CC(=O)OC2(C)C)CC(O)C2(C)C13OC14C(=O)OC(C)(C(=C)C12C(=O)OC4C)C3O. The van der Waals surface area contributed by atoms with Crippen molar-refractivity contribution in [2.75, 3.05) is 0 Å². The number of hydrogen-bond acceptors (Lipinski definition) is 9. The van der Waals surface area contributed by atoms with Gasteiger partial charge in [0.25, 0.3) is 0 Å². The lowest BCUT2D eigenvalue weighted by molar-refractivity contribution is -0.256. The number of fused-ring (bicyclic) bond motifs is 1. The Bertz CT molecular complexity index is 1180. The third-order valence-electron chi connectivity index (χ3n) is 10.3. The number of aliphatic hydroxyl groups excluding tert-OH is 2. The smallest absolute Gasteiger partial charge is 0.344 e. The molecule has 34 heavy (non-hydrogen) atoms. The molecule has 5 fully saturated rings. The molecule has 0 aromatic carbocycles. The zero-order chi connectivity index (χ0) is 25.1. The molecular formula is C25H28O9. The van der Waals surface area contributed by atoms with Crippen molar-refractivity contribution >= 4 is 17.9 Å². The molecule has 4 aliphatic heterocycles. The molecule has 4 heterocycles. The maximum absolute atomic E-state index is 13.8. The first-order valence-corrected chi connectivity index (χ1v) is 11.4. The average Bonchev–Trinajstić information content (AvgIpc) is 3.06. The van der Waals surface area contributed by atoms with Gasteiger partial charge in [-0.1, -0.05) is 26.2 Å². The maximum Gasteiger partial charge on any atom is 0.344 e. The first-order valence-electron chi connectivity index (χ1n) is 11.4. The second-order valence-electron chi connectivity index (χ2n) is 11.4. The molecule has 0 radical (unpaired) electrons. The zero-order valence-corrected chi connectivity index (χ0v) is 19.8. The lowest BCUT2D eigenvalue weighted by Gasteiger charge is -2.68. The van der Waals surface area contributed by atoms with Gasteiger partial charge in [0.1, 0.15) is 28.8 Å². The number of ether oxygens (including phenoxy) is 4. The Balaban J connectivity index is 1.75. The molecule has 3 bridgehead atoms. The van der Waals surface area contributed by atoms with Crippen molar-refractivity contribution in [3.05, 3.63) is 36.5 Å². The number of cyclic esters (lactones) is 2. The van der Waals surface area contributed by atoms with Crippen LogP contribution in [-0.2, 0) is 33.3 Å². The van der Waals surface area contributed by atoms with Gasteiger partial charge in [-0.2, -0.15) is 0 Å². The fraction of sp³-hybridized carbons (Fsp3) is 0.640. The van der Waals surface area contributed by atoms with Gasteiger partial charge in [-0.15, -0.1) is 0 Å². The zero-order valence-electron chi connectivity index (χ0n) is 19.8. The topological polar surface area (TPSA) is 129 Å². The molecule has 2 aliphatic carbocycles. The lowest BCUT2D eigenvalue weighted by atomic mass is 9.35. The molecule has 2 spiro atoms. The van der Waals surface area contributed by atoms with E-state index in [0.717, 1.165) is 0 Å². The van der Waals surface area contributed by atoms with Crippen LogP contribution in [0.2, 0.25) is 0 Å². The summed E-state index contributed by atoms with van der Waals surface area (Å²) in [5, 5.41) is 23.9. The minimum atomic E-state index is -1.98. The van der Waals surface area contributed by atoms with Crippen molar-refractivity contribution in [2.24, 2.45) is 16.2 Å². The molecule has 9 atom stereocenters. The van der Waals surface area contributed by atoms with Crippen molar-refractivity contribution in [1.29, 1.82) is 0 Å². The summed E-state index contributed by atoms with van der Waals surface area (Å²) in [6.45, 7) is 16.5. The van der Waals surface area contributed by atoms with Gasteiger partial charge in [0, 0.05) is 6.08 Å². The van der Waals surface area contributed by atoms with Crippen LogP contribution in [0.4, 0.5) is 0 Å². The molecule has 6 rings (SSSR count). The van der Waals surface area contributed by atoms with Gasteiger partial charge in [0.2, 0.25) is 5.60 Å². The third-order valence-corrected chi connectivity index (χ3v) is 10.3. The van der Waals surface area contributed by atoms with Crippen LogP contribution in [0.25, 0.3) is 0 Å². The summed E-state index contributed by atoms with van der Waals surface area (Å²) in [5.41, 5.74) is -10.9. The number of carbonyl (C=O) groups is 3. The van der Waals surface area contributed by atoms with Crippen LogP contribution < -0.4 is 0 Å². The molecule has 2 saturated carbocycles. The predicted octanol–water partition coefficient (Wildman–Crippen LogP) is 0.877. The lowest BCUT2D eigenvalue weighted by Crippen LogP contribution is -2.81. The Hall–Kier alpha value is -2.49. The van der Waals surface area contributed by atoms with Crippen LogP contribution in [-0.4, -0.2) is 68.8 Å². The van der Waals surface area contributed by atoms with Crippen molar-refractivity contribution in [1.82, 2.24) is 0 Å². The van der Waals surface area contributed by atoms with Gasteiger partial charge < -0.3 is 29.2 Å². The Morgan fingerprint density at radius 3 is 2.24 bits per heavy atom. The van der Waals surface area contributed by atoms with Gasteiger partial charge in [-0.05, 0) is 45.3 Å². The minimum Gasteiger partial charge on any atom is -0.458 e. The number of carbonyl (C=O) groups excluding carboxylic acids is 3. The van der Waals surface area contributed by atoms with Gasteiger partial charge in [0.15, 0.2) is 5.60 Å². The Kier molecular flexibility index (Phi) is 3.46. The van der Waals surface area contributed by atoms with E-state index in [0.29, 0.717) is 5.57 Å². The number of rotatable bonds is 0. The first kappa shape index (κ1) is 22.0. The van der Waals surface area contributed by atoms with E-state index in [1.165, 1.54) is 19.9 Å². The quantitative estimate of drug-likeness (QED) is 0.300. The Morgan fingerprint density at radius 1 is 0.971 bits per heavy atom. The summed E-state index contributed by atoms with van der Waals surface area (Å²) < 4.78 is 23.7. The van der Waals surface area contributed by atoms with Crippen molar-refractivity contribution in [3.8, 4) is 0 Å². The summed E-state index contributed by atoms with van der Waals surface area (Å²) in [7, 11) is 0. The molecule has 9 nitrogen and oxygen atoms in total. The van der Waals surface area contributed by atoms with Crippen LogP contribution >= 0.6 is 0 Å². The van der Waals surface area contributed by atoms with Crippen LogP contribution in [0.5, 0.6) is 0 Å². The largest absolute Gasteiger partial charge is 0.458 e. The van der Waals surface area contributed by atoms with Crippen LogP contribution in [0.15, 0.2) is 36.5 Å². The van der Waals surface area contributed by atoms with E-state index in [2.05, 4.69) is 13.2 Å². The van der Waals surface area contributed by atoms with E-state index >= 15 is 0 Å². The molecule has 9 heteroatoms. The second-order valence-corrected chi connectivity index (χ2v) is 11.4. The van der Waals surface area contributed by atoms with E-state index in [1.807, 2.05) is 0 Å². The van der Waals surface area contributed by atoms with E-state index in [1.54, 1.807) is 26.8 Å². The van der Waals surface area contributed by atoms with Crippen LogP contribution in [0.3, 0.4) is 0 Å². The highest BCUT2D eigenvalue weighted by Gasteiger charge is 2.99. The Labute approximate surface area is 196 Å². The fourth-order valence-corrected chi connectivity index (χ4v) is 8.42. The van der Waals surface area contributed by atoms with Gasteiger partial charge >= 0.3 is 17.9 Å². The van der Waals surface area contributed by atoms with Gasteiger partial charge in [0.05, 0.1) is 16.9 Å². The van der Waals surface area contributed by atoms with E-state index < -0.39 is 74.9 Å². The van der Waals surface area contributed by atoms with Crippen LogP contribution in [0.1, 0.15) is 41.0 Å². The van der Waals surface area contributed by atoms with Crippen molar-refractivity contribution in [2.45, 2.75) is 81.8 Å². The monoisotopic (exact) mass is 472 g/mol. The van der Waals surface area contributed by atoms with E-state index in [9.17, 15) is 24.6 Å². The summed E-state index contributed by atoms with van der Waals surface area (Å²) in [6.07, 6.45) is -1.10. The highest BCUT2D eigenvalue weighted by atomic mass is 16.7. The molecule has 182 valence electrons. The fourth-order valence-electron chi connectivity index (χ4n) is 8.42. The van der Waals surface area contributed by atoms with Crippen molar-refractivity contribution < 1.29 is 43.5 Å². The molecule has 9 unspecified atom stereocenters. The molecule has 0 amide bonds. The standard InChI is InChI=1S/C25H28O9/c1-11-20(6)16(28)24-12(2)22(9-8-15(27)32-19(22,4)5)10-14(26)21(24,7)23(11)17(29)31-13(3)25(23,34-24)18(30)33-20/h8-9,13-14,16,26,28H,1-2,10H2,3-7H3. The van der Waals surface area contributed by atoms with E-state index in [-0.39, 0.29) is 12.0 Å². The molecule has 0 aromatic rings. The molecule has 0 aromatic heterocycles. The number of hydrogen-bond donors (Lipinski definition) is 2. The minimum absolute atomic E-state index is 0.00449. The number of aliphatic hydroxyl groups is 2. The van der Waals surface area contributed by atoms with Gasteiger partial charge in [-0.3, -0.25) is 4.79 Å². The summed E-state index contributed by atoms with van der Waals surface area (Å²) in [5.74, 6) is -2.16. The summed E-state index contributed by atoms with van der Waals surface area (Å²) >= 11 is 0.